The van der Waals surface area contributed by atoms with Crippen molar-refractivity contribution in [3.63, 3.8) is 0 Å². The first-order valence-corrected chi connectivity index (χ1v) is 9.79. The van der Waals surface area contributed by atoms with Gasteiger partial charge >= 0.3 is 0 Å². The molecule has 2 heterocycles. The first-order chi connectivity index (χ1) is 13.9. The molecule has 0 saturated heterocycles. The smallest absolute Gasteiger partial charge is 0.271 e. The summed E-state index contributed by atoms with van der Waals surface area (Å²) in [4.78, 5) is 30.5. The van der Waals surface area contributed by atoms with Gasteiger partial charge in [0.25, 0.3) is 11.4 Å². The third-order valence-corrected chi connectivity index (χ3v) is 5.73. The van der Waals surface area contributed by atoms with Gasteiger partial charge in [-0.15, -0.1) is 11.3 Å². The molecule has 1 N–H and O–H groups in total. The predicted molar refractivity (Wildman–Crippen MR) is 114 cm³/mol. The zero-order chi connectivity index (χ0) is 20.5. The average Bonchev–Trinajstić information content (AvgIpc) is 3.15. The standard InChI is InChI=1S/C18H10BrN5O4S/c19-14-5-4-12(24(27)28)7-15(14)22-17-16-13(8-29-18(16)21-9-20-17)10-2-1-3-11(6-10)23(25)26/h1-9H,(H,20,21,22). The zero-order valence-electron chi connectivity index (χ0n) is 14.4. The number of hydrogen-bond acceptors (Lipinski definition) is 8. The monoisotopic (exact) mass is 471 g/mol. The molecule has 0 fully saturated rings. The molecule has 0 bridgehead atoms. The molecule has 2 aromatic carbocycles. The Balaban J connectivity index is 1.84. The lowest BCUT2D eigenvalue weighted by molar-refractivity contribution is -0.385. The minimum absolute atomic E-state index is 0.0189. The molecule has 0 spiro atoms. The number of nitrogens with zero attached hydrogens (tertiary/aromatic N) is 4. The van der Waals surface area contributed by atoms with E-state index in [1.807, 2.05) is 5.38 Å². The predicted octanol–water partition coefficient (Wildman–Crippen LogP) is 5.68. The Morgan fingerprint density at radius 2 is 1.76 bits per heavy atom. The maximum atomic E-state index is 11.1. The summed E-state index contributed by atoms with van der Waals surface area (Å²) in [5, 5.41) is 27.9. The number of aromatic nitrogens is 2. The topological polar surface area (TPSA) is 124 Å². The summed E-state index contributed by atoms with van der Waals surface area (Å²) < 4.78 is 0.627. The molecule has 4 rings (SSSR count). The van der Waals surface area contributed by atoms with Gasteiger partial charge in [0.2, 0.25) is 0 Å². The van der Waals surface area contributed by atoms with Gasteiger partial charge in [0.15, 0.2) is 0 Å². The highest BCUT2D eigenvalue weighted by Crippen LogP contribution is 2.39. The van der Waals surface area contributed by atoms with E-state index in [0.717, 1.165) is 5.56 Å². The molecule has 144 valence electrons. The van der Waals surface area contributed by atoms with E-state index >= 15 is 0 Å². The summed E-state index contributed by atoms with van der Waals surface area (Å²) in [5.74, 6) is 0.443. The molecule has 29 heavy (non-hydrogen) atoms. The van der Waals surface area contributed by atoms with Crippen LogP contribution in [0.3, 0.4) is 0 Å². The Morgan fingerprint density at radius 1 is 1.00 bits per heavy atom. The SMILES string of the molecule is O=[N+]([O-])c1cccc(-c2csc3ncnc(Nc4cc([N+](=O)[O-])ccc4Br)c23)c1. The van der Waals surface area contributed by atoms with Gasteiger partial charge in [0.05, 0.1) is 20.9 Å². The van der Waals surface area contributed by atoms with Crippen LogP contribution in [0.5, 0.6) is 0 Å². The van der Waals surface area contributed by atoms with Crippen LogP contribution in [0.4, 0.5) is 22.9 Å². The van der Waals surface area contributed by atoms with Gasteiger partial charge < -0.3 is 5.32 Å². The van der Waals surface area contributed by atoms with Crippen LogP contribution >= 0.6 is 27.3 Å². The summed E-state index contributed by atoms with van der Waals surface area (Å²) >= 11 is 4.76. The molecule has 11 heteroatoms. The van der Waals surface area contributed by atoms with Gasteiger partial charge in [0.1, 0.15) is 17.0 Å². The molecule has 0 aliphatic carbocycles. The Labute approximate surface area is 175 Å². The van der Waals surface area contributed by atoms with Crippen molar-refractivity contribution < 1.29 is 9.85 Å². The second-order valence-corrected chi connectivity index (χ2v) is 7.62. The normalized spacial score (nSPS) is 10.8. The van der Waals surface area contributed by atoms with E-state index in [2.05, 4.69) is 31.2 Å². The Morgan fingerprint density at radius 3 is 2.52 bits per heavy atom. The minimum atomic E-state index is -0.480. The lowest BCUT2D eigenvalue weighted by atomic mass is 10.1. The van der Waals surface area contributed by atoms with Gasteiger partial charge in [-0.1, -0.05) is 12.1 Å². The number of rotatable bonds is 5. The number of non-ortho nitro benzene ring substituents is 2. The third kappa shape index (κ3) is 3.65. The quantitative estimate of drug-likeness (QED) is 0.293. The Kier molecular flexibility index (Phi) is 4.91. The molecule has 0 saturated carbocycles. The maximum absolute atomic E-state index is 11.1. The van der Waals surface area contributed by atoms with Crippen molar-refractivity contribution >= 4 is 60.4 Å². The Hall–Kier alpha value is -3.44. The van der Waals surface area contributed by atoms with E-state index in [0.29, 0.717) is 31.8 Å². The highest BCUT2D eigenvalue weighted by atomic mass is 79.9. The fraction of sp³-hybridized carbons (Fsp3) is 0. The number of thiophene rings is 1. The van der Waals surface area contributed by atoms with Crippen LogP contribution in [0, 0.1) is 20.2 Å². The van der Waals surface area contributed by atoms with Crippen LogP contribution in [0.15, 0.2) is 58.6 Å². The molecule has 0 aliphatic rings. The molecular formula is C18H10BrN5O4S. The summed E-state index contributed by atoms with van der Waals surface area (Å²) in [6.45, 7) is 0. The maximum Gasteiger partial charge on any atom is 0.271 e. The van der Waals surface area contributed by atoms with Gasteiger partial charge in [-0.3, -0.25) is 20.2 Å². The van der Waals surface area contributed by atoms with Crippen molar-refractivity contribution in [2.24, 2.45) is 0 Å². The van der Waals surface area contributed by atoms with E-state index in [9.17, 15) is 20.2 Å². The van der Waals surface area contributed by atoms with Gasteiger partial charge in [-0.25, -0.2) is 9.97 Å². The molecule has 0 atom stereocenters. The number of nitrogens with one attached hydrogen (secondary N) is 1. The minimum Gasteiger partial charge on any atom is -0.338 e. The molecule has 4 aromatic rings. The highest BCUT2D eigenvalue weighted by Gasteiger charge is 2.17. The van der Waals surface area contributed by atoms with Crippen LogP contribution in [-0.4, -0.2) is 19.8 Å². The molecular weight excluding hydrogens is 462 g/mol. The van der Waals surface area contributed by atoms with E-state index in [4.69, 9.17) is 0 Å². The number of benzene rings is 2. The number of fused-ring (bicyclic) bond motifs is 1. The first kappa shape index (κ1) is 18.9. The van der Waals surface area contributed by atoms with Gasteiger partial charge in [0, 0.05) is 39.7 Å². The second-order valence-electron chi connectivity index (χ2n) is 5.91. The number of nitro benzene ring substituents is 2. The summed E-state index contributed by atoms with van der Waals surface area (Å²) in [5.41, 5.74) is 1.77. The molecule has 0 amide bonds. The number of anilines is 2. The van der Waals surface area contributed by atoms with Crippen LogP contribution in [0.1, 0.15) is 0 Å². The molecule has 0 radical (unpaired) electrons. The molecule has 9 nitrogen and oxygen atoms in total. The molecule has 0 unspecified atom stereocenters. The lowest BCUT2D eigenvalue weighted by Crippen LogP contribution is -1.98. The summed E-state index contributed by atoms with van der Waals surface area (Å²) in [7, 11) is 0. The number of hydrogen-bond donors (Lipinski definition) is 1. The van der Waals surface area contributed by atoms with Crippen molar-refractivity contribution in [1.82, 2.24) is 9.97 Å². The van der Waals surface area contributed by atoms with E-state index in [-0.39, 0.29) is 11.4 Å². The van der Waals surface area contributed by atoms with Crippen molar-refractivity contribution in [2.75, 3.05) is 5.32 Å². The molecule has 0 aliphatic heterocycles. The second kappa shape index (κ2) is 7.53. The van der Waals surface area contributed by atoms with Crippen molar-refractivity contribution in [3.05, 3.63) is 78.9 Å². The van der Waals surface area contributed by atoms with Crippen LogP contribution in [0.2, 0.25) is 0 Å². The molecule has 2 aromatic heterocycles. The van der Waals surface area contributed by atoms with E-state index in [1.54, 1.807) is 18.2 Å². The van der Waals surface area contributed by atoms with Crippen molar-refractivity contribution in [1.29, 1.82) is 0 Å². The fourth-order valence-corrected chi connectivity index (χ4v) is 4.08. The largest absolute Gasteiger partial charge is 0.338 e. The van der Waals surface area contributed by atoms with Gasteiger partial charge in [-0.2, -0.15) is 0 Å². The third-order valence-electron chi connectivity index (χ3n) is 4.15. The zero-order valence-corrected chi connectivity index (χ0v) is 16.8. The summed E-state index contributed by atoms with van der Waals surface area (Å²) in [6.07, 6.45) is 1.39. The summed E-state index contributed by atoms with van der Waals surface area (Å²) in [6, 6.07) is 10.7. The van der Waals surface area contributed by atoms with E-state index in [1.165, 1.54) is 41.9 Å². The average molecular weight is 472 g/mol. The lowest BCUT2D eigenvalue weighted by Gasteiger charge is -2.10. The van der Waals surface area contributed by atoms with Crippen molar-refractivity contribution in [2.45, 2.75) is 0 Å². The van der Waals surface area contributed by atoms with Crippen LogP contribution in [-0.2, 0) is 0 Å². The van der Waals surface area contributed by atoms with Gasteiger partial charge in [-0.05, 0) is 27.6 Å². The van der Waals surface area contributed by atoms with Crippen molar-refractivity contribution in [3.8, 4) is 11.1 Å². The van der Waals surface area contributed by atoms with Crippen LogP contribution < -0.4 is 5.32 Å². The van der Waals surface area contributed by atoms with Crippen LogP contribution in [0.25, 0.3) is 21.3 Å². The first-order valence-electron chi connectivity index (χ1n) is 8.12. The number of halogens is 1. The number of nitro groups is 2. The van der Waals surface area contributed by atoms with E-state index < -0.39 is 9.85 Å². The fourth-order valence-electron chi connectivity index (χ4n) is 2.82. The highest BCUT2D eigenvalue weighted by molar-refractivity contribution is 9.10. The Bertz CT molecular complexity index is 1280.